The zero-order valence-electron chi connectivity index (χ0n) is 10.8. The van der Waals surface area contributed by atoms with Gasteiger partial charge < -0.3 is 5.32 Å². The molecule has 0 heterocycles. The fourth-order valence-corrected chi connectivity index (χ4v) is 2.23. The Morgan fingerprint density at radius 3 is 2.31 bits per heavy atom. The van der Waals surface area contributed by atoms with Crippen LogP contribution in [0.1, 0.15) is 38.3 Å². The van der Waals surface area contributed by atoms with Crippen LogP contribution in [0, 0.1) is 5.92 Å². The lowest BCUT2D eigenvalue weighted by atomic mass is 9.94. The zero-order chi connectivity index (χ0) is 12.0. The van der Waals surface area contributed by atoms with Crippen molar-refractivity contribution in [3.05, 3.63) is 29.8 Å². The molecular weight excluding hydrogens is 214 g/mol. The van der Waals surface area contributed by atoms with Gasteiger partial charge in [0, 0.05) is 10.9 Å². The van der Waals surface area contributed by atoms with Crippen molar-refractivity contribution in [2.45, 2.75) is 37.6 Å². The smallest absolute Gasteiger partial charge is 0.0320 e. The Hall–Kier alpha value is -0.470. The molecule has 0 spiro atoms. The van der Waals surface area contributed by atoms with E-state index in [1.54, 1.807) is 11.8 Å². The van der Waals surface area contributed by atoms with E-state index in [4.69, 9.17) is 0 Å². The predicted molar refractivity (Wildman–Crippen MR) is 74.1 cm³/mol. The van der Waals surface area contributed by atoms with Gasteiger partial charge >= 0.3 is 0 Å². The molecule has 0 saturated heterocycles. The van der Waals surface area contributed by atoms with E-state index in [0.29, 0.717) is 6.04 Å². The lowest BCUT2D eigenvalue weighted by Crippen LogP contribution is -2.18. The number of rotatable bonds is 6. The van der Waals surface area contributed by atoms with Crippen LogP contribution in [0.15, 0.2) is 29.2 Å². The number of benzene rings is 1. The molecule has 0 bridgehead atoms. The molecule has 2 atom stereocenters. The first-order chi connectivity index (χ1) is 7.71. The zero-order valence-corrected chi connectivity index (χ0v) is 11.6. The van der Waals surface area contributed by atoms with E-state index < -0.39 is 0 Å². The molecule has 1 N–H and O–H groups in total. The van der Waals surface area contributed by atoms with Crippen molar-refractivity contribution in [3.63, 3.8) is 0 Å². The lowest BCUT2D eigenvalue weighted by molar-refractivity contribution is 0.422. The van der Waals surface area contributed by atoms with Crippen LogP contribution in [0.4, 0.5) is 0 Å². The third-order valence-electron chi connectivity index (χ3n) is 3.20. The van der Waals surface area contributed by atoms with Crippen LogP contribution in [-0.2, 0) is 0 Å². The van der Waals surface area contributed by atoms with Gasteiger partial charge in [0.1, 0.15) is 0 Å². The van der Waals surface area contributed by atoms with E-state index in [1.165, 1.54) is 23.3 Å². The maximum Gasteiger partial charge on any atom is 0.0320 e. The molecule has 90 valence electrons. The number of hydrogen-bond acceptors (Lipinski definition) is 2. The molecule has 2 heteroatoms. The molecule has 0 saturated carbocycles. The van der Waals surface area contributed by atoms with Crippen LogP contribution < -0.4 is 5.32 Å². The van der Waals surface area contributed by atoms with Gasteiger partial charge in [-0.15, -0.1) is 11.8 Å². The normalized spacial score (nSPS) is 14.8. The first-order valence-corrected chi connectivity index (χ1v) is 7.25. The molecule has 2 unspecified atom stereocenters. The third kappa shape index (κ3) is 3.84. The minimum atomic E-state index is 0.492. The van der Waals surface area contributed by atoms with Gasteiger partial charge in [0.15, 0.2) is 0 Å². The molecule has 1 aromatic rings. The lowest BCUT2D eigenvalue weighted by Gasteiger charge is -2.20. The van der Waals surface area contributed by atoms with Crippen molar-refractivity contribution < 1.29 is 0 Å². The highest BCUT2D eigenvalue weighted by atomic mass is 32.2. The molecule has 0 aromatic heterocycles. The number of hydrogen-bond donors (Lipinski definition) is 1. The van der Waals surface area contributed by atoms with Gasteiger partial charge in [0.05, 0.1) is 0 Å². The summed E-state index contributed by atoms with van der Waals surface area (Å²) in [6.45, 7) is 4.58. The summed E-state index contributed by atoms with van der Waals surface area (Å²) < 4.78 is 0. The second-order valence-electron chi connectivity index (χ2n) is 4.36. The second kappa shape index (κ2) is 6.97. The second-order valence-corrected chi connectivity index (χ2v) is 5.24. The van der Waals surface area contributed by atoms with Crippen molar-refractivity contribution in [2.75, 3.05) is 13.3 Å². The van der Waals surface area contributed by atoms with Gasteiger partial charge in [-0.25, -0.2) is 0 Å². The SMILES string of the molecule is CCC(C)CC(NC)c1ccc(SC)cc1. The van der Waals surface area contributed by atoms with Gasteiger partial charge in [0.2, 0.25) is 0 Å². The molecule has 0 fully saturated rings. The summed E-state index contributed by atoms with van der Waals surface area (Å²) in [4.78, 5) is 1.34. The highest BCUT2D eigenvalue weighted by Gasteiger charge is 2.12. The Balaban J connectivity index is 2.70. The van der Waals surface area contributed by atoms with Crippen molar-refractivity contribution in [1.29, 1.82) is 0 Å². The predicted octanol–water partition coefficient (Wildman–Crippen LogP) is 4.11. The molecule has 0 amide bonds. The summed E-state index contributed by atoms with van der Waals surface area (Å²) in [5.74, 6) is 0.776. The number of nitrogens with one attached hydrogen (secondary N) is 1. The highest BCUT2D eigenvalue weighted by molar-refractivity contribution is 7.98. The molecular formula is C14H23NS. The summed E-state index contributed by atoms with van der Waals surface area (Å²) in [5.41, 5.74) is 1.40. The van der Waals surface area contributed by atoms with Crippen molar-refractivity contribution in [2.24, 2.45) is 5.92 Å². The minimum Gasteiger partial charge on any atom is -0.313 e. The van der Waals surface area contributed by atoms with Crippen LogP contribution in [0.3, 0.4) is 0 Å². The van der Waals surface area contributed by atoms with E-state index >= 15 is 0 Å². The van der Waals surface area contributed by atoms with Crippen molar-refractivity contribution in [3.8, 4) is 0 Å². The van der Waals surface area contributed by atoms with Crippen LogP contribution in [0.25, 0.3) is 0 Å². The first kappa shape index (κ1) is 13.6. The third-order valence-corrected chi connectivity index (χ3v) is 3.95. The van der Waals surface area contributed by atoms with E-state index in [0.717, 1.165) is 5.92 Å². The molecule has 0 aliphatic carbocycles. The maximum absolute atomic E-state index is 3.41. The molecule has 1 nitrogen and oxygen atoms in total. The molecule has 16 heavy (non-hydrogen) atoms. The Labute approximate surface area is 104 Å². The minimum absolute atomic E-state index is 0.492. The highest BCUT2D eigenvalue weighted by Crippen LogP contribution is 2.24. The van der Waals surface area contributed by atoms with Gasteiger partial charge in [-0.3, -0.25) is 0 Å². The average Bonchev–Trinajstić information content (AvgIpc) is 2.35. The Morgan fingerprint density at radius 1 is 1.25 bits per heavy atom. The Morgan fingerprint density at radius 2 is 1.88 bits per heavy atom. The van der Waals surface area contributed by atoms with E-state index in [2.05, 4.69) is 56.7 Å². The van der Waals surface area contributed by atoms with Gasteiger partial charge in [-0.1, -0.05) is 32.4 Å². The fraction of sp³-hybridized carbons (Fsp3) is 0.571. The van der Waals surface area contributed by atoms with Crippen LogP contribution >= 0.6 is 11.8 Å². The van der Waals surface area contributed by atoms with Gasteiger partial charge in [0.25, 0.3) is 0 Å². The van der Waals surface area contributed by atoms with E-state index in [1.807, 2.05) is 0 Å². The molecule has 0 radical (unpaired) electrons. The fourth-order valence-electron chi connectivity index (χ4n) is 1.83. The topological polar surface area (TPSA) is 12.0 Å². The summed E-state index contributed by atoms with van der Waals surface area (Å²) in [6.07, 6.45) is 4.58. The maximum atomic E-state index is 3.41. The summed E-state index contributed by atoms with van der Waals surface area (Å²) >= 11 is 1.79. The quantitative estimate of drug-likeness (QED) is 0.747. The Kier molecular flexibility index (Phi) is 5.93. The largest absolute Gasteiger partial charge is 0.313 e. The van der Waals surface area contributed by atoms with Crippen molar-refractivity contribution >= 4 is 11.8 Å². The van der Waals surface area contributed by atoms with Crippen LogP contribution in [0.2, 0.25) is 0 Å². The van der Waals surface area contributed by atoms with Crippen LogP contribution in [0.5, 0.6) is 0 Å². The standard InChI is InChI=1S/C14H23NS/c1-5-11(2)10-14(15-3)12-6-8-13(16-4)9-7-12/h6-9,11,14-15H,5,10H2,1-4H3. The monoisotopic (exact) mass is 237 g/mol. The summed E-state index contributed by atoms with van der Waals surface area (Å²) in [7, 11) is 2.05. The molecule has 1 aromatic carbocycles. The van der Waals surface area contributed by atoms with E-state index in [9.17, 15) is 0 Å². The average molecular weight is 237 g/mol. The number of thioether (sulfide) groups is 1. The summed E-state index contributed by atoms with van der Waals surface area (Å²) in [5, 5.41) is 3.41. The van der Waals surface area contributed by atoms with Gasteiger partial charge in [-0.05, 0) is 43.3 Å². The van der Waals surface area contributed by atoms with Crippen molar-refractivity contribution in [1.82, 2.24) is 5.32 Å². The molecule has 0 aliphatic heterocycles. The van der Waals surface area contributed by atoms with Gasteiger partial charge in [-0.2, -0.15) is 0 Å². The van der Waals surface area contributed by atoms with Crippen LogP contribution in [-0.4, -0.2) is 13.3 Å². The summed E-state index contributed by atoms with van der Waals surface area (Å²) in [6, 6.07) is 9.40. The Bertz CT molecular complexity index is 294. The molecule has 0 aliphatic rings. The van der Waals surface area contributed by atoms with E-state index in [-0.39, 0.29) is 0 Å². The molecule has 1 rings (SSSR count). The first-order valence-electron chi connectivity index (χ1n) is 6.02.